The molecular formula is C23H33FN2OSi. The van der Waals surface area contributed by atoms with Crippen molar-refractivity contribution < 1.29 is 8.82 Å². The number of nitrogens with zero attached hydrogens (tertiary/aromatic N) is 2. The van der Waals surface area contributed by atoms with E-state index in [9.17, 15) is 0 Å². The van der Waals surface area contributed by atoms with Crippen LogP contribution in [-0.4, -0.2) is 26.4 Å². The average molecular weight is 401 g/mol. The molecule has 0 aliphatic carbocycles. The fourth-order valence-electron chi connectivity index (χ4n) is 3.47. The summed E-state index contributed by atoms with van der Waals surface area (Å²) in [6.07, 6.45) is 5.82. The van der Waals surface area contributed by atoms with Crippen LogP contribution in [0, 0.1) is 5.82 Å². The third kappa shape index (κ3) is 4.63. The lowest BCUT2D eigenvalue weighted by molar-refractivity contribution is 0.271. The molecule has 1 aromatic carbocycles. The molecule has 0 saturated carbocycles. The lowest BCUT2D eigenvalue weighted by Crippen LogP contribution is -2.40. The maximum atomic E-state index is 15.2. The van der Waals surface area contributed by atoms with E-state index in [-0.39, 0.29) is 10.9 Å². The molecule has 0 unspecified atom stereocenters. The minimum Gasteiger partial charge on any atom is -0.412 e. The predicted octanol–water partition coefficient (Wildman–Crippen LogP) is 6.13. The third-order valence-corrected chi connectivity index (χ3v) is 10.9. The first-order valence-corrected chi connectivity index (χ1v) is 13.2. The summed E-state index contributed by atoms with van der Waals surface area (Å²) in [5, 5.41) is 0.120. The number of hydrogen-bond acceptors (Lipinski definition) is 3. The van der Waals surface area contributed by atoms with Crippen LogP contribution in [0.4, 0.5) is 10.1 Å². The molecule has 1 saturated heterocycles. The van der Waals surface area contributed by atoms with E-state index in [1.165, 1.54) is 5.56 Å². The van der Waals surface area contributed by atoms with Crippen molar-refractivity contribution >= 4 is 14.0 Å². The molecule has 0 amide bonds. The van der Waals surface area contributed by atoms with Crippen LogP contribution in [-0.2, 0) is 11.0 Å². The van der Waals surface area contributed by atoms with Crippen LogP contribution in [0.25, 0.3) is 0 Å². The largest absolute Gasteiger partial charge is 0.412 e. The second-order valence-corrected chi connectivity index (χ2v) is 14.2. The first-order chi connectivity index (χ1) is 13.2. The molecule has 0 radical (unpaired) electrons. The Bertz CT molecular complexity index is 781. The number of piperidine rings is 1. The highest BCUT2D eigenvalue weighted by atomic mass is 28.4. The van der Waals surface area contributed by atoms with E-state index in [1.54, 1.807) is 0 Å². The molecule has 152 valence electrons. The lowest BCUT2D eigenvalue weighted by Gasteiger charge is -2.36. The van der Waals surface area contributed by atoms with Crippen molar-refractivity contribution in [3.8, 4) is 0 Å². The highest BCUT2D eigenvalue weighted by Crippen LogP contribution is 2.38. The summed E-state index contributed by atoms with van der Waals surface area (Å²) in [6, 6.07) is 9.85. The number of anilines is 1. The summed E-state index contributed by atoms with van der Waals surface area (Å²) >= 11 is 0. The van der Waals surface area contributed by atoms with Gasteiger partial charge in [0.05, 0.1) is 12.3 Å². The van der Waals surface area contributed by atoms with Crippen LogP contribution >= 0.6 is 0 Å². The number of hydrogen-bond donors (Lipinski definition) is 0. The molecule has 0 atom stereocenters. The molecule has 0 bridgehead atoms. The Balaban J connectivity index is 1.67. The van der Waals surface area contributed by atoms with Crippen LogP contribution in [0.1, 0.15) is 50.7 Å². The van der Waals surface area contributed by atoms with Crippen molar-refractivity contribution in [2.75, 3.05) is 18.0 Å². The SMILES string of the molecule is CC(C)(C)[Si](C)(C)OCc1cccc(N2CCC(c3cccnc3)CC2)c1F. The van der Waals surface area contributed by atoms with Gasteiger partial charge in [-0.1, -0.05) is 39.0 Å². The molecule has 2 aromatic rings. The zero-order chi connectivity index (χ0) is 20.4. The van der Waals surface area contributed by atoms with Gasteiger partial charge in [-0.3, -0.25) is 4.98 Å². The molecular weight excluding hydrogens is 367 g/mol. The van der Waals surface area contributed by atoms with E-state index < -0.39 is 8.32 Å². The second kappa shape index (κ2) is 8.33. The van der Waals surface area contributed by atoms with Crippen molar-refractivity contribution in [2.45, 2.75) is 64.3 Å². The molecule has 5 heteroatoms. The van der Waals surface area contributed by atoms with Gasteiger partial charge in [-0.2, -0.15) is 0 Å². The molecule has 2 heterocycles. The van der Waals surface area contributed by atoms with Gasteiger partial charge < -0.3 is 9.33 Å². The first kappa shape index (κ1) is 21.0. The first-order valence-electron chi connectivity index (χ1n) is 10.3. The zero-order valence-corrected chi connectivity index (χ0v) is 18.8. The van der Waals surface area contributed by atoms with Crippen LogP contribution in [0.3, 0.4) is 0 Å². The number of halogens is 1. The van der Waals surface area contributed by atoms with Crippen LogP contribution in [0.5, 0.6) is 0 Å². The zero-order valence-electron chi connectivity index (χ0n) is 17.8. The van der Waals surface area contributed by atoms with Crippen molar-refractivity contribution in [3.05, 3.63) is 59.7 Å². The topological polar surface area (TPSA) is 25.4 Å². The fourth-order valence-corrected chi connectivity index (χ4v) is 4.42. The van der Waals surface area contributed by atoms with Crippen molar-refractivity contribution in [3.63, 3.8) is 0 Å². The quantitative estimate of drug-likeness (QED) is 0.565. The van der Waals surface area contributed by atoms with Gasteiger partial charge in [0.1, 0.15) is 0 Å². The smallest absolute Gasteiger partial charge is 0.192 e. The molecule has 28 heavy (non-hydrogen) atoms. The lowest BCUT2D eigenvalue weighted by atomic mass is 9.90. The number of aromatic nitrogens is 1. The highest BCUT2D eigenvalue weighted by Gasteiger charge is 2.37. The van der Waals surface area contributed by atoms with E-state index in [0.29, 0.717) is 23.8 Å². The molecule has 1 aromatic heterocycles. The summed E-state index contributed by atoms with van der Waals surface area (Å²) in [5.74, 6) is 0.388. The highest BCUT2D eigenvalue weighted by molar-refractivity contribution is 6.74. The van der Waals surface area contributed by atoms with Crippen LogP contribution in [0.2, 0.25) is 18.1 Å². The van der Waals surface area contributed by atoms with E-state index >= 15 is 4.39 Å². The Hall–Kier alpha value is -1.72. The summed E-state index contributed by atoms with van der Waals surface area (Å²) < 4.78 is 21.5. The van der Waals surface area contributed by atoms with Gasteiger partial charge in [0.15, 0.2) is 14.1 Å². The molecule has 0 N–H and O–H groups in total. The summed E-state index contributed by atoms with van der Waals surface area (Å²) in [6.45, 7) is 13.1. The number of pyridine rings is 1. The van der Waals surface area contributed by atoms with E-state index in [4.69, 9.17) is 4.43 Å². The molecule has 1 aliphatic heterocycles. The monoisotopic (exact) mass is 400 g/mol. The fraction of sp³-hybridized carbons (Fsp3) is 0.522. The van der Waals surface area contributed by atoms with E-state index in [0.717, 1.165) is 25.9 Å². The summed E-state index contributed by atoms with van der Waals surface area (Å²) in [5.41, 5.74) is 2.66. The van der Waals surface area contributed by atoms with Gasteiger partial charge in [-0.05, 0) is 54.6 Å². The number of rotatable bonds is 5. The Kier molecular flexibility index (Phi) is 6.25. The Labute approximate surface area is 170 Å². The Morgan fingerprint density at radius 1 is 1.14 bits per heavy atom. The van der Waals surface area contributed by atoms with Gasteiger partial charge in [0.25, 0.3) is 0 Å². The summed E-state index contributed by atoms with van der Waals surface area (Å²) in [7, 11) is -1.90. The third-order valence-electron chi connectivity index (χ3n) is 6.44. The van der Waals surface area contributed by atoms with Crippen molar-refractivity contribution in [1.82, 2.24) is 4.98 Å². The van der Waals surface area contributed by atoms with E-state index in [2.05, 4.69) is 49.8 Å². The van der Waals surface area contributed by atoms with Gasteiger partial charge in [-0.15, -0.1) is 0 Å². The predicted molar refractivity (Wildman–Crippen MR) is 117 cm³/mol. The Morgan fingerprint density at radius 2 is 1.86 bits per heavy atom. The van der Waals surface area contributed by atoms with Gasteiger partial charge in [-0.25, -0.2) is 4.39 Å². The van der Waals surface area contributed by atoms with E-state index in [1.807, 2.05) is 36.7 Å². The molecule has 3 nitrogen and oxygen atoms in total. The average Bonchev–Trinajstić information content (AvgIpc) is 2.67. The second-order valence-electron chi connectivity index (χ2n) is 9.35. The van der Waals surface area contributed by atoms with Crippen molar-refractivity contribution in [1.29, 1.82) is 0 Å². The van der Waals surface area contributed by atoms with Gasteiger partial charge in [0.2, 0.25) is 0 Å². The maximum absolute atomic E-state index is 15.2. The van der Waals surface area contributed by atoms with Crippen LogP contribution < -0.4 is 4.90 Å². The normalized spacial score (nSPS) is 16.4. The molecule has 1 aliphatic rings. The minimum absolute atomic E-state index is 0.120. The number of benzene rings is 1. The van der Waals surface area contributed by atoms with Gasteiger partial charge >= 0.3 is 0 Å². The van der Waals surface area contributed by atoms with Crippen LogP contribution in [0.15, 0.2) is 42.7 Å². The molecule has 3 rings (SSSR count). The molecule has 1 fully saturated rings. The van der Waals surface area contributed by atoms with Gasteiger partial charge in [0, 0.05) is 31.0 Å². The van der Waals surface area contributed by atoms with Crippen molar-refractivity contribution in [2.24, 2.45) is 0 Å². The molecule has 0 spiro atoms. The Morgan fingerprint density at radius 3 is 2.46 bits per heavy atom. The standard InChI is InChI=1S/C23H33FN2OSi/c1-23(2,3)28(4,5)27-17-20-8-6-10-21(22(20)24)26-14-11-18(12-15-26)19-9-7-13-25-16-19/h6-10,13,16,18H,11-12,14-15,17H2,1-5H3. The maximum Gasteiger partial charge on any atom is 0.192 e. The summed E-state index contributed by atoms with van der Waals surface area (Å²) in [4.78, 5) is 6.41. The minimum atomic E-state index is -1.90.